The fourth-order valence-corrected chi connectivity index (χ4v) is 4.82. The first kappa shape index (κ1) is 36.6. The third kappa shape index (κ3) is 8.26. The number of nitro groups is 1. The van der Waals surface area contributed by atoms with E-state index in [4.69, 9.17) is 0 Å². The topological polar surface area (TPSA) is 255 Å². The van der Waals surface area contributed by atoms with Crippen molar-refractivity contribution in [2.45, 2.75) is 11.8 Å². The van der Waals surface area contributed by atoms with Crippen molar-refractivity contribution in [1.29, 1.82) is 0 Å². The van der Waals surface area contributed by atoms with Gasteiger partial charge in [-0.1, -0.05) is 84.8 Å². The number of aromatic nitrogens is 2. The Balaban J connectivity index is 0.000000341. The normalized spacial score (nSPS) is 11.3. The summed E-state index contributed by atoms with van der Waals surface area (Å²) in [5.74, 6) is -1.66. The number of rotatable bonds is 7. The second kappa shape index (κ2) is 15.4. The number of fused-ring (bicyclic) bond motifs is 1. The maximum Gasteiger partial charge on any atom is 3.00 e. The van der Waals surface area contributed by atoms with Crippen LogP contribution in [-0.2, 0) is 27.5 Å². The molecule has 0 fully saturated rings. The van der Waals surface area contributed by atoms with Crippen LogP contribution in [0.1, 0.15) is 8.55 Å². The van der Waals surface area contributed by atoms with E-state index in [0.29, 0.717) is 16.8 Å². The van der Waals surface area contributed by atoms with Crippen molar-refractivity contribution in [3.05, 3.63) is 129 Å². The summed E-state index contributed by atoms with van der Waals surface area (Å²) in [6.07, 6.45) is 0. The molecule has 5 aromatic carbocycles. The summed E-state index contributed by atoms with van der Waals surface area (Å²) < 4.78 is 34.3. The van der Waals surface area contributed by atoms with Gasteiger partial charge in [-0.3, -0.25) is 14.9 Å². The van der Waals surface area contributed by atoms with Crippen molar-refractivity contribution in [2.24, 2.45) is 20.5 Å². The molecular weight excluding hydrogens is 710 g/mol. The number of benzene rings is 5. The monoisotopic (exact) mass is 732 g/mol. The summed E-state index contributed by atoms with van der Waals surface area (Å²) in [5, 5.41) is 66.6. The second-order valence-corrected chi connectivity index (χ2v) is 11.4. The number of non-ortho nitro benzene ring substituents is 1. The maximum absolute atomic E-state index is 12.4. The van der Waals surface area contributed by atoms with E-state index in [1.165, 1.54) is 16.8 Å². The van der Waals surface area contributed by atoms with E-state index in [1.807, 2.05) is 6.07 Å². The Morgan fingerprint density at radius 3 is 2.06 bits per heavy atom. The Hall–Kier alpha value is -6.19. The van der Waals surface area contributed by atoms with E-state index >= 15 is 0 Å². The van der Waals surface area contributed by atoms with Gasteiger partial charge in [-0.2, -0.15) is 15.3 Å². The number of hydrogen-bond acceptors (Lipinski definition) is 13. The predicted molar refractivity (Wildman–Crippen MR) is 170 cm³/mol. The zero-order valence-corrected chi connectivity index (χ0v) is 27.5. The van der Waals surface area contributed by atoms with Gasteiger partial charge in [0.2, 0.25) is 0 Å². The SMILES string of the molecule is Cc1[n-]n(-c2ccccc2)c(=O)c1N=Nc1ccc([N+](=O)[O-])cc1[O-].O=S(=O)([O-])c1ccc([O-])c(N=Nc2c([O-])ccc3ccccc23)c1.[Cr+3].[H+].[H+]. The fourth-order valence-electron chi connectivity index (χ4n) is 4.33. The van der Waals surface area contributed by atoms with Gasteiger partial charge in [0.1, 0.15) is 15.8 Å². The molecule has 0 atom stereocenters. The van der Waals surface area contributed by atoms with Crippen LogP contribution in [0.3, 0.4) is 0 Å². The van der Waals surface area contributed by atoms with E-state index in [1.54, 1.807) is 61.5 Å². The largest absolute Gasteiger partial charge is 3.00 e. The molecule has 16 nitrogen and oxygen atoms in total. The van der Waals surface area contributed by atoms with Gasteiger partial charge >= 0.3 is 20.2 Å². The van der Waals surface area contributed by atoms with Crippen LogP contribution in [-0.4, -0.2) is 22.6 Å². The Morgan fingerprint density at radius 1 is 0.740 bits per heavy atom. The first-order valence-corrected chi connectivity index (χ1v) is 15.3. The quantitative estimate of drug-likeness (QED) is 0.0915. The van der Waals surface area contributed by atoms with Gasteiger partial charge in [-0.25, -0.2) is 8.42 Å². The second-order valence-electron chi connectivity index (χ2n) is 10.0. The molecular formula is C32H22CrN7O9S. The summed E-state index contributed by atoms with van der Waals surface area (Å²) in [4.78, 5) is 21.8. The molecule has 0 unspecified atom stereocenters. The molecule has 0 aliphatic carbocycles. The Bertz CT molecular complexity index is 2440. The molecule has 18 heteroatoms. The molecule has 251 valence electrons. The van der Waals surface area contributed by atoms with Gasteiger partial charge in [0.05, 0.1) is 26.9 Å². The molecule has 0 amide bonds. The standard InChI is InChI=1S/C16H13N5O4.C16H12N2O5S.Cr/c1-10-15(16(23)20(19-10)11-5-3-2-4-6-11)18-17-13-8-7-12(21(24)25)9-14(13)22;19-14-8-6-11(24(21,22)23)9-13(14)17-18-16-12-4-2-1-3-10(12)5-7-15(16)20;/h2-9H,1H3,(H2,17,18,19,22,23);1-9,19-20H,(H,21,22,23);/q;;+3/p-3. The Morgan fingerprint density at radius 2 is 1.38 bits per heavy atom. The van der Waals surface area contributed by atoms with Crippen LogP contribution < -0.4 is 26.0 Å². The number of nitrogens with zero attached hydrogens (tertiary/aromatic N) is 7. The number of nitro benzene ring substituents is 1. The molecule has 0 bridgehead atoms. The average molecular weight is 733 g/mol. The minimum absolute atomic E-state index is 0. The molecule has 0 spiro atoms. The van der Waals surface area contributed by atoms with Crippen molar-refractivity contribution < 1.29 is 53.4 Å². The van der Waals surface area contributed by atoms with Gasteiger partial charge in [-0.05, 0) is 35.7 Å². The van der Waals surface area contributed by atoms with Gasteiger partial charge in [0.25, 0.3) is 11.2 Å². The van der Waals surface area contributed by atoms with Gasteiger partial charge in [-0.15, -0.1) is 10.8 Å². The van der Waals surface area contributed by atoms with E-state index in [-0.39, 0.29) is 48.7 Å². The van der Waals surface area contributed by atoms with E-state index in [2.05, 4.69) is 25.6 Å². The van der Waals surface area contributed by atoms with Crippen LogP contribution in [0, 0.1) is 17.0 Å². The van der Waals surface area contributed by atoms with Crippen LogP contribution in [0.2, 0.25) is 0 Å². The predicted octanol–water partition coefficient (Wildman–Crippen LogP) is 5.03. The van der Waals surface area contributed by atoms with Gasteiger partial charge in [0.15, 0.2) is 0 Å². The molecule has 0 saturated carbocycles. The summed E-state index contributed by atoms with van der Waals surface area (Å²) in [5.41, 5.74) is -0.271. The van der Waals surface area contributed by atoms with Gasteiger partial charge < -0.3 is 29.7 Å². The maximum atomic E-state index is 12.4. The number of azo groups is 2. The molecule has 1 radical (unpaired) electrons. The summed E-state index contributed by atoms with van der Waals surface area (Å²) >= 11 is 0. The molecule has 50 heavy (non-hydrogen) atoms. The summed E-state index contributed by atoms with van der Waals surface area (Å²) in [7, 11) is -4.72. The zero-order valence-electron chi connectivity index (χ0n) is 27.4. The van der Waals surface area contributed by atoms with Crippen LogP contribution >= 0.6 is 0 Å². The van der Waals surface area contributed by atoms with Crippen LogP contribution in [0.5, 0.6) is 17.2 Å². The zero-order chi connectivity index (χ0) is 35.3. The molecule has 1 heterocycles. The van der Waals surface area contributed by atoms with E-state index in [9.17, 15) is 43.2 Å². The molecule has 0 saturated heterocycles. The third-order valence-electron chi connectivity index (χ3n) is 6.74. The van der Waals surface area contributed by atoms with Crippen molar-refractivity contribution in [2.75, 3.05) is 0 Å². The number of hydrogen-bond donors (Lipinski definition) is 0. The van der Waals surface area contributed by atoms with E-state index in [0.717, 1.165) is 35.7 Å². The first-order valence-electron chi connectivity index (χ1n) is 13.9. The molecule has 0 aliphatic heterocycles. The number of aryl methyl sites for hydroxylation is 1. The first-order chi connectivity index (χ1) is 23.3. The minimum atomic E-state index is -4.72. The van der Waals surface area contributed by atoms with Crippen molar-refractivity contribution in [1.82, 2.24) is 9.78 Å². The van der Waals surface area contributed by atoms with Crippen molar-refractivity contribution in [3.8, 4) is 22.9 Å². The molecule has 0 aliphatic rings. The summed E-state index contributed by atoms with van der Waals surface area (Å²) in [6, 6.07) is 24.6. The summed E-state index contributed by atoms with van der Waals surface area (Å²) in [6.45, 7) is 1.60. The van der Waals surface area contributed by atoms with Crippen LogP contribution in [0.25, 0.3) is 16.5 Å². The van der Waals surface area contributed by atoms with Crippen LogP contribution in [0.15, 0.2) is 133 Å². The van der Waals surface area contributed by atoms with Crippen LogP contribution in [0.4, 0.5) is 28.4 Å². The molecule has 6 aromatic rings. The minimum Gasteiger partial charge on any atom is -0.871 e. The Labute approximate surface area is 296 Å². The average Bonchev–Trinajstić information content (AvgIpc) is 3.36. The molecule has 6 rings (SSSR count). The third-order valence-corrected chi connectivity index (χ3v) is 7.57. The molecule has 0 N–H and O–H groups in total. The van der Waals surface area contributed by atoms with Crippen molar-refractivity contribution >= 4 is 49.3 Å². The molecule has 1 aromatic heterocycles. The van der Waals surface area contributed by atoms with Crippen molar-refractivity contribution in [3.63, 3.8) is 0 Å². The Kier molecular flexibility index (Phi) is 11.3. The smallest absolute Gasteiger partial charge is 0.871 e. The fraction of sp³-hybridized carbons (Fsp3) is 0.0312. The van der Waals surface area contributed by atoms with E-state index < -0.39 is 42.7 Å². The number of para-hydroxylation sites is 1. The van der Waals surface area contributed by atoms with Gasteiger partial charge in [0, 0.05) is 23.2 Å².